The van der Waals surface area contributed by atoms with Crippen molar-refractivity contribution in [2.45, 2.75) is 44.2 Å². The van der Waals surface area contributed by atoms with Gasteiger partial charge in [0, 0.05) is 3.57 Å². The number of hydrogen-bond donors (Lipinski definition) is 1. The van der Waals surface area contributed by atoms with E-state index in [1.54, 1.807) is 26.0 Å². The van der Waals surface area contributed by atoms with Crippen LogP contribution in [0.5, 0.6) is 0 Å². The number of benzene rings is 1. The number of carbonyl (C=O) groups excluding carboxylic acids is 1. The number of fused-ring (bicyclic) bond motifs is 1. The van der Waals surface area contributed by atoms with E-state index in [0.29, 0.717) is 5.56 Å². The molecule has 2 heterocycles. The van der Waals surface area contributed by atoms with Gasteiger partial charge in [0.05, 0.1) is 5.56 Å². The molecule has 2 fully saturated rings. The van der Waals surface area contributed by atoms with Gasteiger partial charge in [-0.3, -0.25) is 0 Å². The number of aliphatic hydroxyl groups is 1. The molecule has 7 heteroatoms. The molecule has 2 aliphatic heterocycles. The molecule has 22 heavy (non-hydrogen) atoms. The monoisotopic (exact) mass is 420 g/mol. The Balaban J connectivity index is 1.58. The first kappa shape index (κ1) is 16.1. The highest BCUT2D eigenvalue weighted by atomic mass is 127. The molecule has 1 unspecified atom stereocenters. The van der Waals surface area contributed by atoms with Gasteiger partial charge < -0.3 is 24.1 Å². The number of rotatable bonds is 3. The third-order valence-electron chi connectivity index (χ3n) is 3.59. The summed E-state index contributed by atoms with van der Waals surface area (Å²) in [5.74, 6) is -1.22. The van der Waals surface area contributed by atoms with Gasteiger partial charge in [-0.2, -0.15) is 0 Å². The highest BCUT2D eigenvalue weighted by Gasteiger charge is 2.54. The largest absolute Gasteiger partial charge is 0.459 e. The highest BCUT2D eigenvalue weighted by Crippen LogP contribution is 2.37. The van der Waals surface area contributed by atoms with E-state index in [4.69, 9.17) is 18.9 Å². The Bertz CT molecular complexity index is 575. The molecule has 6 nitrogen and oxygen atoms in total. The lowest BCUT2D eigenvalue weighted by Gasteiger charge is -2.22. The number of ether oxygens (including phenoxy) is 4. The van der Waals surface area contributed by atoms with Crippen LogP contribution in [0.25, 0.3) is 0 Å². The molecule has 3 rings (SSSR count). The average Bonchev–Trinajstić information content (AvgIpc) is 2.90. The Labute approximate surface area is 141 Å². The molecule has 0 radical (unpaired) electrons. The average molecular weight is 420 g/mol. The highest BCUT2D eigenvalue weighted by molar-refractivity contribution is 14.1. The van der Waals surface area contributed by atoms with Crippen molar-refractivity contribution < 1.29 is 28.8 Å². The normalized spacial score (nSPS) is 32.7. The van der Waals surface area contributed by atoms with Crippen LogP contribution in [-0.4, -0.2) is 48.1 Å². The predicted molar refractivity (Wildman–Crippen MR) is 84.1 cm³/mol. The summed E-state index contributed by atoms with van der Waals surface area (Å²) in [7, 11) is 0. The SMILES string of the molecule is CC1(C)O[C@@H]2O[C@@H](COC(=O)c3ccccc3I)C(O)[C@H]2O1. The predicted octanol–water partition coefficient (Wildman–Crippen LogP) is 1.69. The van der Waals surface area contributed by atoms with Gasteiger partial charge in [0.2, 0.25) is 0 Å². The second-order valence-electron chi connectivity index (χ2n) is 5.71. The van der Waals surface area contributed by atoms with E-state index in [1.165, 1.54) is 0 Å². The van der Waals surface area contributed by atoms with Crippen molar-refractivity contribution in [3.63, 3.8) is 0 Å². The van der Waals surface area contributed by atoms with Crippen LogP contribution in [0.3, 0.4) is 0 Å². The Morgan fingerprint density at radius 1 is 1.36 bits per heavy atom. The molecular formula is C15H17IO6. The first-order valence-electron chi connectivity index (χ1n) is 6.98. The van der Waals surface area contributed by atoms with Crippen LogP contribution in [0.15, 0.2) is 24.3 Å². The summed E-state index contributed by atoms with van der Waals surface area (Å²) >= 11 is 2.07. The van der Waals surface area contributed by atoms with Gasteiger partial charge >= 0.3 is 5.97 Å². The van der Waals surface area contributed by atoms with Gasteiger partial charge in [0.1, 0.15) is 24.9 Å². The topological polar surface area (TPSA) is 74.2 Å². The maximum absolute atomic E-state index is 12.1. The molecule has 4 atom stereocenters. The zero-order valence-electron chi connectivity index (χ0n) is 12.2. The smallest absolute Gasteiger partial charge is 0.339 e. The lowest BCUT2D eigenvalue weighted by molar-refractivity contribution is -0.218. The van der Waals surface area contributed by atoms with Crippen LogP contribution >= 0.6 is 22.6 Å². The summed E-state index contributed by atoms with van der Waals surface area (Å²) < 4.78 is 22.7. The van der Waals surface area contributed by atoms with Crippen molar-refractivity contribution in [1.29, 1.82) is 0 Å². The van der Waals surface area contributed by atoms with E-state index in [1.807, 2.05) is 12.1 Å². The molecule has 2 saturated heterocycles. The summed E-state index contributed by atoms with van der Waals surface area (Å²) in [6.07, 6.45) is -2.74. The van der Waals surface area contributed by atoms with Gasteiger partial charge in [0.15, 0.2) is 12.1 Å². The number of carbonyl (C=O) groups is 1. The van der Waals surface area contributed by atoms with E-state index >= 15 is 0 Å². The lowest BCUT2D eigenvalue weighted by atomic mass is 10.1. The molecule has 0 saturated carbocycles. The van der Waals surface area contributed by atoms with Gasteiger partial charge in [-0.15, -0.1) is 0 Å². The number of halogens is 1. The van der Waals surface area contributed by atoms with E-state index in [0.717, 1.165) is 3.57 Å². The fourth-order valence-corrected chi connectivity index (χ4v) is 3.17. The Morgan fingerprint density at radius 2 is 2.09 bits per heavy atom. The Morgan fingerprint density at radius 3 is 2.77 bits per heavy atom. The minimum absolute atomic E-state index is 0.0505. The molecule has 1 aromatic rings. The van der Waals surface area contributed by atoms with Gasteiger partial charge in [0.25, 0.3) is 0 Å². The maximum atomic E-state index is 12.1. The summed E-state index contributed by atoms with van der Waals surface area (Å²) in [6, 6.07) is 7.14. The van der Waals surface area contributed by atoms with E-state index in [9.17, 15) is 9.90 Å². The zero-order valence-corrected chi connectivity index (χ0v) is 14.3. The molecule has 120 valence electrons. The lowest BCUT2D eigenvalue weighted by Crippen LogP contribution is -2.37. The molecule has 1 aromatic carbocycles. The Hall–Kier alpha value is -0.740. The van der Waals surface area contributed by atoms with E-state index in [2.05, 4.69) is 22.6 Å². The van der Waals surface area contributed by atoms with Gasteiger partial charge in [-0.25, -0.2) is 4.79 Å². The summed E-state index contributed by atoms with van der Waals surface area (Å²) in [5.41, 5.74) is 0.490. The molecule has 0 aromatic heterocycles. The Kier molecular flexibility index (Phi) is 4.43. The minimum Gasteiger partial charge on any atom is -0.459 e. The second kappa shape index (κ2) is 6.04. The third kappa shape index (κ3) is 3.13. The molecule has 0 aliphatic carbocycles. The molecule has 2 aliphatic rings. The van der Waals surface area contributed by atoms with Crippen molar-refractivity contribution in [2.75, 3.05) is 6.61 Å². The summed E-state index contributed by atoms with van der Waals surface area (Å²) in [4.78, 5) is 12.1. The second-order valence-corrected chi connectivity index (χ2v) is 6.87. The first-order chi connectivity index (χ1) is 10.4. The zero-order chi connectivity index (χ0) is 15.9. The van der Waals surface area contributed by atoms with E-state index < -0.39 is 36.4 Å². The molecule has 0 bridgehead atoms. The van der Waals surface area contributed by atoms with Crippen LogP contribution < -0.4 is 0 Å². The van der Waals surface area contributed by atoms with Crippen LogP contribution in [-0.2, 0) is 18.9 Å². The van der Waals surface area contributed by atoms with Crippen LogP contribution in [0.2, 0.25) is 0 Å². The number of hydrogen-bond acceptors (Lipinski definition) is 6. The fraction of sp³-hybridized carbons (Fsp3) is 0.533. The number of esters is 1. The molecule has 1 N–H and O–H groups in total. The van der Waals surface area contributed by atoms with E-state index in [-0.39, 0.29) is 6.61 Å². The standard InChI is InChI=1S/C15H17IO6/c1-15(2)21-12-11(17)10(20-14(12)22-15)7-19-13(18)8-5-3-4-6-9(8)16/h3-6,10-12,14,17H,7H2,1-2H3/t10-,11?,12+,14-/m0/s1. The quantitative estimate of drug-likeness (QED) is 0.593. The van der Waals surface area contributed by atoms with Crippen LogP contribution in [0.4, 0.5) is 0 Å². The van der Waals surface area contributed by atoms with Crippen molar-refractivity contribution in [3.8, 4) is 0 Å². The summed E-state index contributed by atoms with van der Waals surface area (Å²) in [5, 5.41) is 10.2. The van der Waals surface area contributed by atoms with Crippen molar-refractivity contribution in [1.82, 2.24) is 0 Å². The van der Waals surface area contributed by atoms with Crippen LogP contribution in [0.1, 0.15) is 24.2 Å². The van der Waals surface area contributed by atoms with Crippen molar-refractivity contribution in [3.05, 3.63) is 33.4 Å². The third-order valence-corrected chi connectivity index (χ3v) is 4.53. The van der Waals surface area contributed by atoms with Gasteiger partial charge in [-0.1, -0.05) is 12.1 Å². The van der Waals surface area contributed by atoms with Crippen molar-refractivity contribution in [2.24, 2.45) is 0 Å². The first-order valence-corrected chi connectivity index (χ1v) is 8.06. The van der Waals surface area contributed by atoms with Crippen molar-refractivity contribution >= 4 is 28.6 Å². The molecular weight excluding hydrogens is 403 g/mol. The van der Waals surface area contributed by atoms with Crippen LogP contribution in [0, 0.1) is 3.57 Å². The molecule has 0 spiro atoms. The fourth-order valence-electron chi connectivity index (χ4n) is 2.56. The summed E-state index contributed by atoms with van der Waals surface area (Å²) in [6.45, 7) is 3.46. The molecule has 0 amide bonds. The number of aliphatic hydroxyl groups excluding tert-OH is 1. The maximum Gasteiger partial charge on any atom is 0.339 e. The minimum atomic E-state index is -0.894. The van der Waals surface area contributed by atoms with Gasteiger partial charge in [-0.05, 0) is 48.6 Å².